The van der Waals surface area contributed by atoms with E-state index in [4.69, 9.17) is 19.3 Å². The Kier molecular flexibility index (Phi) is 8.16. The molecule has 9 nitrogen and oxygen atoms in total. The lowest BCUT2D eigenvalue weighted by atomic mass is 9.46. The number of nitrogens with zero attached hydrogens (tertiary/aromatic N) is 1. The van der Waals surface area contributed by atoms with Crippen molar-refractivity contribution < 1.29 is 33.7 Å². The number of nitrogens with one attached hydrogen (secondary N) is 1. The van der Waals surface area contributed by atoms with Crippen molar-refractivity contribution in [2.24, 2.45) is 51.2 Å². The quantitative estimate of drug-likeness (QED) is 0.274. The van der Waals surface area contributed by atoms with Gasteiger partial charge in [0.05, 0.1) is 12.2 Å². The number of fused-ring (bicyclic) bond motifs is 4. The summed E-state index contributed by atoms with van der Waals surface area (Å²) >= 11 is 0. The van der Waals surface area contributed by atoms with E-state index in [-0.39, 0.29) is 48.3 Å². The van der Waals surface area contributed by atoms with Crippen molar-refractivity contribution in [3.8, 4) is 0 Å². The number of hydrogen-bond donors (Lipinski definition) is 2. The highest BCUT2D eigenvalue weighted by molar-refractivity contribution is 5.69. The van der Waals surface area contributed by atoms with Gasteiger partial charge < -0.3 is 29.5 Å². The molecular formula is C37H58N2O7. The molecule has 0 aromatic heterocycles. The van der Waals surface area contributed by atoms with Crippen molar-refractivity contribution >= 4 is 18.2 Å². The van der Waals surface area contributed by atoms with Gasteiger partial charge in [0, 0.05) is 31.5 Å². The maximum Gasteiger partial charge on any atom is 0.410 e. The number of aliphatic carboxylic acids is 1. The second-order valence-electron chi connectivity index (χ2n) is 17.6. The lowest BCUT2D eigenvalue weighted by Crippen LogP contribution is -2.55. The minimum absolute atomic E-state index is 0.0161. The fourth-order valence-corrected chi connectivity index (χ4v) is 12.6. The standard InChI is InChI=1S/C37H58N2O7/c1-22(2)31(46-33(43)39-18-7-19-39)26-11-9-24-27(44-26)20-25-23-10-12-28-34(3,4)29(45-32(42)38-17-6-8-30(40)41)13-14-37(28)21-36(23,37)16-15-35(24,25)5/h22-29,31H,6-21H2,1-5H3,(H,38,42)(H,40,41)/t23?,24?,25?,26-,27?,28?,29?,31?,35?,36?,37?/m0/s1. The van der Waals surface area contributed by atoms with Crippen LogP contribution in [0.2, 0.25) is 0 Å². The maximum atomic E-state index is 12.8. The predicted octanol–water partition coefficient (Wildman–Crippen LogP) is 7.02. The van der Waals surface area contributed by atoms with Crippen LogP contribution in [0.25, 0.3) is 0 Å². The summed E-state index contributed by atoms with van der Waals surface area (Å²) < 4.78 is 19.2. The Morgan fingerprint density at radius 2 is 1.72 bits per heavy atom. The Balaban J connectivity index is 1.01. The van der Waals surface area contributed by atoms with Crippen LogP contribution < -0.4 is 5.32 Å². The number of carbonyl (C=O) groups is 3. The van der Waals surface area contributed by atoms with Crippen LogP contribution in [0.15, 0.2) is 0 Å². The van der Waals surface area contributed by atoms with E-state index in [1.807, 2.05) is 4.90 Å². The van der Waals surface area contributed by atoms with Crippen LogP contribution in [-0.4, -0.2) is 72.2 Å². The summed E-state index contributed by atoms with van der Waals surface area (Å²) in [6.45, 7) is 13.5. The molecule has 0 radical (unpaired) electrons. The number of carbonyl (C=O) groups excluding carboxylic acids is 2. The van der Waals surface area contributed by atoms with Crippen molar-refractivity contribution in [3.05, 3.63) is 0 Å². The van der Waals surface area contributed by atoms with E-state index in [2.05, 4.69) is 39.9 Å². The van der Waals surface area contributed by atoms with Gasteiger partial charge in [0.1, 0.15) is 12.2 Å². The van der Waals surface area contributed by atoms with E-state index >= 15 is 0 Å². The largest absolute Gasteiger partial charge is 0.481 e. The first-order chi connectivity index (χ1) is 21.8. The van der Waals surface area contributed by atoms with E-state index in [1.54, 1.807) is 0 Å². The molecule has 46 heavy (non-hydrogen) atoms. The molecule has 2 spiro atoms. The Morgan fingerprint density at radius 1 is 0.957 bits per heavy atom. The second-order valence-corrected chi connectivity index (χ2v) is 17.6. The SMILES string of the molecule is CC(C)C(OC(=O)N1CCC1)[C@@H]1CCC2C(CC3C4CCC5C(C)(C)C(OC(=O)NCCCC(=O)O)CCC56CC46CCC23C)O1. The Morgan fingerprint density at radius 3 is 2.41 bits per heavy atom. The summed E-state index contributed by atoms with van der Waals surface area (Å²) in [4.78, 5) is 38.1. The molecule has 5 aliphatic carbocycles. The molecule has 9 heteroatoms. The van der Waals surface area contributed by atoms with Crippen LogP contribution in [0.3, 0.4) is 0 Å². The molecule has 0 aromatic rings. The van der Waals surface area contributed by atoms with Gasteiger partial charge in [-0.25, -0.2) is 9.59 Å². The molecule has 10 unspecified atom stereocenters. The number of carboxylic acid groups (broad SMARTS) is 1. The summed E-state index contributed by atoms with van der Waals surface area (Å²) in [5, 5.41) is 11.7. The van der Waals surface area contributed by atoms with Gasteiger partial charge in [0.25, 0.3) is 0 Å². The van der Waals surface area contributed by atoms with Crippen LogP contribution in [0.5, 0.6) is 0 Å². The fourth-order valence-electron chi connectivity index (χ4n) is 12.6. The number of rotatable bonds is 8. The highest BCUT2D eigenvalue weighted by atomic mass is 16.6. The van der Waals surface area contributed by atoms with Crippen molar-refractivity contribution in [3.63, 3.8) is 0 Å². The van der Waals surface area contributed by atoms with Gasteiger partial charge in [-0.1, -0.05) is 34.6 Å². The van der Waals surface area contributed by atoms with Gasteiger partial charge in [-0.2, -0.15) is 0 Å². The molecule has 2 heterocycles. The Labute approximate surface area is 275 Å². The van der Waals surface area contributed by atoms with Gasteiger partial charge in [-0.3, -0.25) is 4.79 Å². The highest BCUT2D eigenvalue weighted by Gasteiger charge is 2.81. The van der Waals surface area contributed by atoms with E-state index in [0.717, 1.165) is 51.1 Å². The first-order valence-electron chi connectivity index (χ1n) is 18.6. The van der Waals surface area contributed by atoms with Crippen molar-refractivity contribution in [2.45, 2.75) is 143 Å². The highest BCUT2D eigenvalue weighted by Crippen LogP contribution is 2.87. The Hall–Kier alpha value is -2.03. The van der Waals surface area contributed by atoms with Gasteiger partial charge in [0.15, 0.2) is 0 Å². The van der Waals surface area contributed by atoms with Gasteiger partial charge in [-0.15, -0.1) is 0 Å². The number of hydrogen-bond acceptors (Lipinski definition) is 6. The van der Waals surface area contributed by atoms with Gasteiger partial charge in [-0.05, 0) is 123 Å². The van der Waals surface area contributed by atoms with Crippen molar-refractivity contribution in [1.29, 1.82) is 0 Å². The molecule has 5 saturated carbocycles. The molecule has 7 rings (SSSR count). The zero-order valence-electron chi connectivity index (χ0n) is 28.9. The zero-order valence-corrected chi connectivity index (χ0v) is 28.9. The topological polar surface area (TPSA) is 114 Å². The first-order valence-corrected chi connectivity index (χ1v) is 18.6. The normalized spacial score (nSPS) is 43.9. The number of ether oxygens (including phenoxy) is 3. The smallest absolute Gasteiger partial charge is 0.410 e. The zero-order chi connectivity index (χ0) is 32.6. The number of likely N-dealkylation sites (tertiary alicyclic amines) is 1. The summed E-state index contributed by atoms with van der Waals surface area (Å²) in [6, 6.07) is 0. The monoisotopic (exact) mass is 642 g/mol. The molecule has 0 aromatic carbocycles. The second kappa shape index (κ2) is 11.5. The molecule has 2 N–H and O–H groups in total. The molecule has 0 bridgehead atoms. The minimum atomic E-state index is -0.848. The van der Waals surface area contributed by atoms with Crippen LogP contribution in [0, 0.1) is 51.2 Å². The summed E-state index contributed by atoms with van der Waals surface area (Å²) in [5.41, 5.74) is 1.01. The van der Waals surface area contributed by atoms with Gasteiger partial charge >= 0.3 is 18.2 Å². The summed E-state index contributed by atoms with van der Waals surface area (Å²) in [6.07, 6.45) is 12.6. The molecule has 258 valence electrons. The van der Waals surface area contributed by atoms with Crippen LogP contribution in [-0.2, 0) is 19.0 Å². The van der Waals surface area contributed by atoms with E-state index < -0.39 is 12.1 Å². The minimum Gasteiger partial charge on any atom is -0.481 e. The first kappa shape index (κ1) is 32.5. The molecule has 11 atom stereocenters. The third-order valence-electron chi connectivity index (χ3n) is 15.0. The average molecular weight is 643 g/mol. The summed E-state index contributed by atoms with van der Waals surface area (Å²) in [7, 11) is 0. The van der Waals surface area contributed by atoms with E-state index in [1.165, 1.54) is 38.5 Å². The average Bonchev–Trinajstić information content (AvgIpc) is 3.54. The molecule has 7 fully saturated rings. The van der Waals surface area contributed by atoms with Crippen LogP contribution >= 0.6 is 0 Å². The van der Waals surface area contributed by atoms with Crippen LogP contribution in [0.4, 0.5) is 9.59 Å². The summed E-state index contributed by atoms with van der Waals surface area (Å²) in [5.74, 6) is 1.94. The van der Waals surface area contributed by atoms with E-state index in [0.29, 0.717) is 47.0 Å². The molecule has 2 aliphatic heterocycles. The predicted molar refractivity (Wildman–Crippen MR) is 172 cm³/mol. The lowest BCUT2D eigenvalue weighted by Gasteiger charge is -2.59. The molecule has 7 aliphatic rings. The van der Waals surface area contributed by atoms with Crippen molar-refractivity contribution in [1.82, 2.24) is 10.2 Å². The number of amides is 2. The number of carboxylic acids is 1. The third-order valence-corrected chi connectivity index (χ3v) is 15.0. The maximum absolute atomic E-state index is 12.8. The van der Waals surface area contributed by atoms with Gasteiger partial charge in [0.2, 0.25) is 0 Å². The molecule has 2 amide bonds. The number of alkyl carbamates (subject to hydrolysis) is 1. The Bertz CT molecular complexity index is 1220. The molecule has 2 saturated heterocycles. The fraction of sp³-hybridized carbons (Fsp3) is 0.919. The third kappa shape index (κ3) is 4.98. The molecular weight excluding hydrogens is 584 g/mol. The van der Waals surface area contributed by atoms with E-state index in [9.17, 15) is 14.4 Å². The van der Waals surface area contributed by atoms with Crippen LogP contribution in [0.1, 0.15) is 118 Å². The van der Waals surface area contributed by atoms with Crippen molar-refractivity contribution in [2.75, 3.05) is 19.6 Å². The lowest BCUT2D eigenvalue weighted by molar-refractivity contribution is -0.151.